The van der Waals surface area contributed by atoms with Crippen molar-refractivity contribution >= 4 is 15.9 Å². The van der Waals surface area contributed by atoms with E-state index in [1.54, 1.807) is 26.0 Å². The average molecular weight is 321 g/mol. The Bertz CT molecular complexity index is 821. The predicted molar refractivity (Wildman–Crippen MR) is 79.0 cm³/mol. The summed E-state index contributed by atoms with van der Waals surface area (Å²) >= 11 is 0. The lowest BCUT2D eigenvalue weighted by molar-refractivity contribution is 0.0894. The zero-order valence-electron chi connectivity index (χ0n) is 12.1. The van der Waals surface area contributed by atoms with Crippen LogP contribution in [-0.2, 0) is 10.2 Å². The number of hydrogen-bond donors (Lipinski definition) is 2. The van der Waals surface area contributed by atoms with E-state index in [0.717, 1.165) is 4.31 Å². The molecular weight excluding hydrogens is 306 g/mol. The van der Waals surface area contributed by atoms with Crippen molar-refractivity contribution in [3.63, 3.8) is 0 Å². The molecule has 1 saturated heterocycles. The van der Waals surface area contributed by atoms with Crippen LogP contribution in [0.15, 0.2) is 24.0 Å². The summed E-state index contributed by atoms with van der Waals surface area (Å²) in [5.74, 6) is 0.251. The van der Waals surface area contributed by atoms with Gasteiger partial charge in [0.1, 0.15) is 11.4 Å². The summed E-state index contributed by atoms with van der Waals surface area (Å²) in [5, 5.41) is 19.6. The predicted octanol–water partition coefficient (Wildman–Crippen LogP) is 1.11. The molecule has 0 saturated carbocycles. The molecule has 2 heterocycles. The van der Waals surface area contributed by atoms with Crippen molar-refractivity contribution in [1.29, 1.82) is 5.26 Å². The number of nitrogens with one attached hydrogen (secondary N) is 1. The van der Waals surface area contributed by atoms with Gasteiger partial charge in [-0.15, -0.1) is 0 Å². The van der Waals surface area contributed by atoms with Crippen LogP contribution in [0.4, 0.5) is 0 Å². The number of ether oxygens (including phenoxy) is 1. The van der Waals surface area contributed by atoms with E-state index in [9.17, 15) is 13.5 Å². The molecule has 1 aromatic carbocycles. The van der Waals surface area contributed by atoms with Gasteiger partial charge in [-0.3, -0.25) is 4.31 Å². The maximum absolute atomic E-state index is 12.1. The van der Waals surface area contributed by atoms with Crippen LogP contribution >= 0.6 is 0 Å². The number of fused-ring (bicyclic) bond motifs is 1. The second-order valence-electron chi connectivity index (χ2n) is 5.60. The summed E-state index contributed by atoms with van der Waals surface area (Å²) in [5.41, 5.74) is -0.150. The highest BCUT2D eigenvalue weighted by molar-refractivity contribution is 7.87. The standard InChI is InChI=1S/C14H15N3O4S/c1-14(2)13(18)12(17-6-5-16-22(17,19)20)10-7-9(8-15)3-4-11(10)21-14/h3-4,7,16,18H,5-6H2,1-2H3. The lowest BCUT2D eigenvalue weighted by Crippen LogP contribution is -2.39. The lowest BCUT2D eigenvalue weighted by atomic mass is 9.95. The molecule has 2 N–H and O–H groups in total. The lowest BCUT2D eigenvalue weighted by Gasteiger charge is -2.36. The van der Waals surface area contributed by atoms with E-state index in [0.29, 0.717) is 16.9 Å². The van der Waals surface area contributed by atoms with Gasteiger partial charge in [-0.2, -0.15) is 18.4 Å². The second kappa shape index (κ2) is 4.63. The van der Waals surface area contributed by atoms with Crippen molar-refractivity contribution in [2.75, 3.05) is 13.1 Å². The molecule has 8 heteroatoms. The van der Waals surface area contributed by atoms with E-state index >= 15 is 0 Å². The van der Waals surface area contributed by atoms with Crippen molar-refractivity contribution in [3.05, 3.63) is 35.1 Å². The molecule has 2 aliphatic heterocycles. The first-order valence-electron chi connectivity index (χ1n) is 6.71. The topological polar surface area (TPSA) is 103 Å². The van der Waals surface area contributed by atoms with Gasteiger partial charge < -0.3 is 9.84 Å². The van der Waals surface area contributed by atoms with Gasteiger partial charge in [-0.1, -0.05) is 0 Å². The van der Waals surface area contributed by atoms with Crippen molar-refractivity contribution in [1.82, 2.24) is 9.03 Å². The Kier molecular flexibility index (Phi) is 3.09. The largest absolute Gasteiger partial charge is 0.506 e. The van der Waals surface area contributed by atoms with Crippen LogP contribution in [0.2, 0.25) is 0 Å². The highest BCUT2D eigenvalue weighted by Gasteiger charge is 2.42. The Morgan fingerprint density at radius 2 is 2.18 bits per heavy atom. The summed E-state index contributed by atoms with van der Waals surface area (Å²) in [7, 11) is -3.71. The molecule has 1 fully saturated rings. The van der Waals surface area contributed by atoms with E-state index in [-0.39, 0.29) is 24.5 Å². The first-order chi connectivity index (χ1) is 10.3. The van der Waals surface area contributed by atoms with Crippen molar-refractivity contribution in [3.8, 4) is 11.8 Å². The van der Waals surface area contributed by atoms with E-state index in [2.05, 4.69) is 4.72 Å². The minimum atomic E-state index is -3.71. The molecule has 0 spiro atoms. The molecule has 2 aliphatic rings. The summed E-state index contributed by atoms with van der Waals surface area (Å²) in [6.07, 6.45) is 0. The van der Waals surface area contributed by atoms with Gasteiger partial charge in [-0.05, 0) is 32.0 Å². The summed E-state index contributed by atoms with van der Waals surface area (Å²) in [4.78, 5) is 0. The van der Waals surface area contributed by atoms with Gasteiger partial charge in [0.05, 0.1) is 11.6 Å². The zero-order chi connectivity index (χ0) is 16.1. The first kappa shape index (κ1) is 14.7. The van der Waals surface area contributed by atoms with Crippen LogP contribution < -0.4 is 9.46 Å². The molecule has 1 aromatic rings. The molecule has 0 radical (unpaired) electrons. The number of benzene rings is 1. The fraction of sp³-hybridized carbons (Fsp3) is 0.357. The van der Waals surface area contributed by atoms with Crippen LogP contribution in [0.25, 0.3) is 5.70 Å². The summed E-state index contributed by atoms with van der Waals surface area (Å²) in [6.45, 7) is 3.76. The molecule has 0 unspecified atom stereocenters. The number of rotatable bonds is 1. The molecule has 116 valence electrons. The van der Waals surface area contributed by atoms with Gasteiger partial charge in [0.2, 0.25) is 0 Å². The van der Waals surface area contributed by atoms with Gasteiger partial charge in [0.15, 0.2) is 11.4 Å². The van der Waals surface area contributed by atoms with E-state index in [1.165, 1.54) is 6.07 Å². The van der Waals surface area contributed by atoms with Crippen LogP contribution in [0.3, 0.4) is 0 Å². The van der Waals surface area contributed by atoms with Gasteiger partial charge >= 0.3 is 10.2 Å². The fourth-order valence-corrected chi connectivity index (χ4v) is 3.83. The molecule has 7 nitrogen and oxygen atoms in total. The van der Waals surface area contributed by atoms with Crippen molar-refractivity contribution < 1.29 is 18.3 Å². The van der Waals surface area contributed by atoms with Crippen molar-refractivity contribution in [2.45, 2.75) is 19.4 Å². The first-order valence-corrected chi connectivity index (χ1v) is 8.15. The van der Waals surface area contributed by atoms with Gasteiger partial charge in [0.25, 0.3) is 0 Å². The van der Waals surface area contributed by atoms with Crippen LogP contribution in [0.1, 0.15) is 25.0 Å². The van der Waals surface area contributed by atoms with Crippen LogP contribution in [-0.4, -0.2) is 36.5 Å². The average Bonchev–Trinajstić information content (AvgIpc) is 2.79. The molecule has 0 aromatic heterocycles. The SMILES string of the molecule is CC1(C)Oc2ccc(C#N)cc2C(N2CCNS2(=O)=O)=C1O. The second-order valence-corrected chi connectivity index (χ2v) is 7.28. The van der Waals surface area contributed by atoms with Crippen LogP contribution in [0.5, 0.6) is 5.75 Å². The maximum atomic E-state index is 12.1. The molecule has 3 rings (SSSR count). The third kappa shape index (κ3) is 2.10. The highest BCUT2D eigenvalue weighted by Crippen LogP contribution is 2.42. The normalized spacial score (nSPS) is 22.0. The zero-order valence-corrected chi connectivity index (χ0v) is 12.9. The maximum Gasteiger partial charge on any atom is 0.301 e. The number of nitriles is 1. The smallest absolute Gasteiger partial charge is 0.301 e. The third-order valence-electron chi connectivity index (χ3n) is 3.66. The van der Waals surface area contributed by atoms with Gasteiger partial charge in [0, 0.05) is 18.7 Å². The molecule has 0 bridgehead atoms. The Morgan fingerprint density at radius 3 is 2.77 bits per heavy atom. The molecule has 0 aliphatic carbocycles. The summed E-state index contributed by atoms with van der Waals surface area (Å²) < 4.78 is 33.5. The Balaban J connectivity index is 2.27. The minimum absolute atomic E-state index is 0.161. The Hall–Kier alpha value is -2.24. The van der Waals surface area contributed by atoms with Gasteiger partial charge in [-0.25, -0.2) is 0 Å². The monoisotopic (exact) mass is 321 g/mol. The molecule has 22 heavy (non-hydrogen) atoms. The number of nitrogens with zero attached hydrogens (tertiary/aromatic N) is 2. The Morgan fingerprint density at radius 1 is 1.45 bits per heavy atom. The summed E-state index contributed by atoms with van der Waals surface area (Å²) in [6, 6.07) is 6.72. The quantitative estimate of drug-likeness (QED) is 0.806. The fourth-order valence-electron chi connectivity index (χ4n) is 2.57. The number of aliphatic hydroxyl groups is 1. The number of aliphatic hydroxyl groups excluding tert-OH is 1. The minimum Gasteiger partial charge on any atom is -0.506 e. The highest BCUT2D eigenvalue weighted by atomic mass is 32.2. The van der Waals surface area contributed by atoms with E-state index < -0.39 is 15.8 Å². The third-order valence-corrected chi connectivity index (χ3v) is 5.18. The number of hydrogen-bond acceptors (Lipinski definition) is 5. The Labute approximate surface area is 128 Å². The molecule has 0 atom stereocenters. The van der Waals surface area contributed by atoms with Crippen molar-refractivity contribution in [2.24, 2.45) is 0 Å². The van der Waals surface area contributed by atoms with E-state index in [4.69, 9.17) is 10.00 Å². The van der Waals surface area contributed by atoms with Crippen LogP contribution in [0, 0.1) is 11.3 Å². The molecule has 0 amide bonds. The molecular formula is C14H15N3O4S. The van der Waals surface area contributed by atoms with E-state index in [1.807, 2.05) is 6.07 Å².